The number of hydrogen-bond acceptors (Lipinski definition) is 8. The fourth-order valence-electron chi connectivity index (χ4n) is 2.43. The van der Waals surface area contributed by atoms with Gasteiger partial charge in [-0.25, -0.2) is 0 Å². The van der Waals surface area contributed by atoms with Crippen molar-refractivity contribution in [2.24, 2.45) is 0 Å². The van der Waals surface area contributed by atoms with Crippen LogP contribution in [-0.4, -0.2) is 51.8 Å². The highest BCUT2D eigenvalue weighted by molar-refractivity contribution is 5.46. The van der Waals surface area contributed by atoms with Gasteiger partial charge in [-0.05, 0) is 6.92 Å². The van der Waals surface area contributed by atoms with Gasteiger partial charge in [-0.1, -0.05) is 0 Å². The number of carbonyl (C=O) groups is 1. The van der Waals surface area contributed by atoms with Gasteiger partial charge in [-0.15, -0.1) is 13.2 Å². The van der Waals surface area contributed by atoms with Crippen LogP contribution >= 0.6 is 0 Å². The van der Waals surface area contributed by atoms with E-state index >= 15 is 0 Å². The summed E-state index contributed by atoms with van der Waals surface area (Å²) in [5.41, 5.74) is 0. The lowest BCUT2D eigenvalue weighted by Gasteiger charge is -2.39. The van der Waals surface area contributed by atoms with Crippen LogP contribution in [0.3, 0.4) is 0 Å². The number of rotatable bonds is 8. The van der Waals surface area contributed by atoms with Gasteiger partial charge in [-0.3, -0.25) is 4.79 Å². The molecule has 8 nitrogen and oxygen atoms in total. The molecule has 1 aliphatic carbocycles. The number of ether oxygens (including phenoxy) is 7. The van der Waals surface area contributed by atoms with Crippen LogP contribution in [0.2, 0.25) is 0 Å². The fourth-order valence-corrected chi connectivity index (χ4v) is 2.43. The van der Waals surface area contributed by atoms with Crippen molar-refractivity contribution in [1.82, 2.24) is 0 Å². The first-order chi connectivity index (χ1) is 12.2. The van der Waals surface area contributed by atoms with Crippen molar-refractivity contribution in [3.63, 3.8) is 0 Å². The molecule has 2 unspecified atom stereocenters. The molecule has 0 aromatic heterocycles. The molecule has 1 fully saturated rings. The maximum Gasteiger partial charge on any atom is 0.573 e. The van der Waals surface area contributed by atoms with Gasteiger partial charge in [0.15, 0.2) is 18.7 Å². The lowest BCUT2D eigenvalue weighted by molar-refractivity contribution is -0.311. The largest absolute Gasteiger partial charge is 0.573 e. The average molecular weight is 392 g/mol. The number of methoxy groups -OCH3 is 1. The predicted octanol–water partition coefficient (Wildman–Crippen LogP) is 2.12. The highest BCUT2D eigenvalue weighted by Crippen LogP contribution is 2.47. The maximum atomic E-state index is 12.8. The highest BCUT2D eigenvalue weighted by atomic mass is 19.4. The van der Waals surface area contributed by atoms with E-state index in [4.69, 9.17) is 23.7 Å². The molecule has 2 aliphatic rings. The molecule has 0 saturated carbocycles. The van der Waals surface area contributed by atoms with Gasteiger partial charge in [0.25, 0.3) is 6.47 Å². The molecular formula is C13H13F5O8. The summed E-state index contributed by atoms with van der Waals surface area (Å²) in [7, 11) is 0.984. The summed E-state index contributed by atoms with van der Waals surface area (Å²) < 4.78 is 96.8. The summed E-state index contributed by atoms with van der Waals surface area (Å²) in [5.74, 6) is -6.36. The van der Waals surface area contributed by atoms with E-state index in [0.29, 0.717) is 0 Å². The molecule has 13 heteroatoms. The molecule has 0 bridgehead atoms. The van der Waals surface area contributed by atoms with Crippen LogP contribution in [0.4, 0.5) is 22.0 Å². The van der Waals surface area contributed by atoms with Crippen LogP contribution in [0.1, 0.15) is 6.92 Å². The lowest BCUT2D eigenvalue weighted by atomic mass is 9.97. The third-order valence-electron chi connectivity index (χ3n) is 3.23. The minimum absolute atomic E-state index is 0.128. The van der Waals surface area contributed by atoms with Crippen molar-refractivity contribution in [2.45, 2.75) is 31.8 Å². The number of carbonyl (C=O) groups excluding carboxylic acids is 1. The summed E-state index contributed by atoms with van der Waals surface area (Å²) in [4.78, 5) is 10.9. The quantitative estimate of drug-likeness (QED) is 0.353. The average Bonchev–Trinajstić information content (AvgIpc) is 3.02. The Morgan fingerprint density at radius 3 is 2.54 bits per heavy atom. The zero-order valence-corrected chi connectivity index (χ0v) is 13.3. The van der Waals surface area contributed by atoms with Crippen LogP contribution in [-0.2, 0) is 38.0 Å². The van der Waals surface area contributed by atoms with Crippen LogP contribution < -0.4 is 0 Å². The van der Waals surface area contributed by atoms with Crippen LogP contribution in [0.15, 0.2) is 23.0 Å². The third-order valence-corrected chi connectivity index (χ3v) is 3.23. The standard InChI is InChI=1S/C13H13F5O8/c1-3-21-10-8(25-11(14)15)6(26-13(16,17)18)7-9(23-5-22-7)12(10,20-2)24-4-19/h4,9,11H,3,5H2,1-2H3. The van der Waals surface area contributed by atoms with Crippen LogP contribution in [0.25, 0.3) is 0 Å². The summed E-state index contributed by atoms with van der Waals surface area (Å²) in [5, 5.41) is 0. The molecule has 1 saturated heterocycles. The second kappa shape index (κ2) is 7.53. The normalized spacial score (nSPS) is 25.8. The topological polar surface area (TPSA) is 81.7 Å². The van der Waals surface area contributed by atoms with E-state index in [-0.39, 0.29) is 13.1 Å². The van der Waals surface area contributed by atoms with E-state index < -0.39 is 54.7 Å². The molecule has 2 atom stereocenters. The first-order valence-electron chi connectivity index (χ1n) is 6.93. The number of alkyl halides is 5. The molecule has 2 rings (SSSR count). The van der Waals surface area contributed by atoms with E-state index in [0.717, 1.165) is 7.11 Å². The van der Waals surface area contributed by atoms with Crippen LogP contribution in [0, 0.1) is 0 Å². The van der Waals surface area contributed by atoms with Crippen molar-refractivity contribution in [1.29, 1.82) is 0 Å². The fraction of sp³-hybridized carbons (Fsp3) is 0.615. The Balaban J connectivity index is 2.72. The molecule has 0 aromatic rings. The number of hydrogen-bond donors (Lipinski definition) is 0. The van der Waals surface area contributed by atoms with E-state index in [1.165, 1.54) is 6.92 Å². The Morgan fingerprint density at radius 1 is 1.35 bits per heavy atom. The monoisotopic (exact) mass is 392 g/mol. The predicted molar refractivity (Wildman–Crippen MR) is 67.6 cm³/mol. The Bertz CT molecular complexity index is 602. The molecule has 0 radical (unpaired) electrons. The highest BCUT2D eigenvalue weighted by Gasteiger charge is 2.61. The molecule has 0 aromatic carbocycles. The van der Waals surface area contributed by atoms with E-state index in [1.54, 1.807) is 0 Å². The second-order valence-electron chi connectivity index (χ2n) is 4.61. The zero-order valence-electron chi connectivity index (χ0n) is 13.3. The van der Waals surface area contributed by atoms with Crippen molar-refractivity contribution in [3.05, 3.63) is 23.0 Å². The minimum Gasteiger partial charge on any atom is -0.488 e. The van der Waals surface area contributed by atoms with Crippen LogP contribution in [0.5, 0.6) is 0 Å². The Hall–Kier alpha value is -2.28. The SMILES string of the molecule is CCOC1=C(OC(F)F)C(OC(F)(F)F)=C2OCOC2C1(OC)OC=O. The van der Waals surface area contributed by atoms with E-state index in [2.05, 4.69) is 9.47 Å². The van der Waals surface area contributed by atoms with Gasteiger partial charge >= 0.3 is 18.8 Å². The Labute approximate surface area is 143 Å². The van der Waals surface area contributed by atoms with Crippen molar-refractivity contribution >= 4 is 6.47 Å². The van der Waals surface area contributed by atoms with E-state index in [1.807, 2.05) is 0 Å². The maximum absolute atomic E-state index is 12.8. The molecule has 1 aliphatic heterocycles. The molecule has 0 amide bonds. The second-order valence-corrected chi connectivity index (χ2v) is 4.61. The molecule has 1 heterocycles. The first-order valence-corrected chi connectivity index (χ1v) is 6.93. The van der Waals surface area contributed by atoms with Gasteiger partial charge in [0.05, 0.1) is 6.61 Å². The Kier molecular flexibility index (Phi) is 5.81. The number of fused-ring (bicyclic) bond motifs is 1. The third kappa shape index (κ3) is 3.62. The molecule has 148 valence electrons. The van der Waals surface area contributed by atoms with E-state index in [9.17, 15) is 26.7 Å². The van der Waals surface area contributed by atoms with Crippen molar-refractivity contribution in [2.75, 3.05) is 20.5 Å². The molecule has 0 N–H and O–H groups in total. The molecule has 0 spiro atoms. The lowest BCUT2D eigenvalue weighted by Crippen LogP contribution is -2.53. The van der Waals surface area contributed by atoms with Gasteiger partial charge in [0.1, 0.15) is 0 Å². The summed E-state index contributed by atoms with van der Waals surface area (Å²) >= 11 is 0. The number of halogens is 5. The van der Waals surface area contributed by atoms with Crippen molar-refractivity contribution in [3.8, 4) is 0 Å². The van der Waals surface area contributed by atoms with Gasteiger partial charge < -0.3 is 33.2 Å². The smallest absolute Gasteiger partial charge is 0.488 e. The minimum atomic E-state index is -5.29. The zero-order chi connectivity index (χ0) is 19.5. The summed E-state index contributed by atoms with van der Waals surface area (Å²) in [6.45, 7) is -3.14. The summed E-state index contributed by atoms with van der Waals surface area (Å²) in [6.07, 6.45) is -6.91. The molecule has 26 heavy (non-hydrogen) atoms. The van der Waals surface area contributed by atoms with Gasteiger partial charge in [0.2, 0.25) is 17.3 Å². The first kappa shape index (κ1) is 20.0. The Morgan fingerprint density at radius 2 is 2.04 bits per heavy atom. The van der Waals surface area contributed by atoms with Gasteiger partial charge in [0, 0.05) is 7.11 Å². The summed E-state index contributed by atoms with van der Waals surface area (Å²) in [6, 6.07) is 0. The van der Waals surface area contributed by atoms with Gasteiger partial charge in [-0.2, -0.15) is 8.78 Å². The van der Waals surface area contributed by atoms with Crippen molar-refractivity contribution < 1.29 is 59.9 Å². The molecular weight excluding hydrogens is 379 g/mol.